The van der Waals surface area contributed by atoms with E-state index in [-0.39, 0.29) is 36.1 Å². The number of aliphatic imine (C=N–C) groups is 1. The molecule has 3 aromatic rings. The average Bonchev–Trinajstić information content (AvgIpc) is 3.70. The van der Waals surface area contributed by atoms with Gasteiger partial charge in [-0.15, -0.1) is 0 Å². The Hall–Kier alpha value is -4.08. The number of benzene rings is 2. The van der Waals surface area contributed by atoms with Gasteiger partial charge in [0.25, 0.3) is 11.8 Å². The van der Waals surface area contributed by atoms with Crippen molar-refractivity contribution in [1.29, 1.82) is 0 Å². The molecule has 47 heavy (non-hydrogen) atoms. The van der Waals surface area contributed by atoms with Crippen LogP contribution in [-0.4, -0.2) is 81.0 Å². The van der Waals surface area contributed by atoms with Crippen LogP contribution in [0.15, 0.2) is 52.5 Å². The molecule has 2 atom stereocenters. The number of nitrogens with zero attached hydrogens (tertiary/aromatic N) is 5. The zero-order chi connectivity index (χ0) is 34.3. The minimum absolute atomic E-state index is 0.00794. The number of thioether (sulfide) groups is 1. The molecule has 16 heteroatoms. The summed E-state index contributed by atoms with van der Waals surface area (Å²) in [4.78, 5) is 51.0. The number of amides is 3. The minimum atomic E-state index is -4.57. The van der Waals surface area contributed by atoms with E-state index >= 15 is 0 Å². The molecule has 1 saturated heterocycles. The van der Waals surface area contributed by atoms with E-state index in [0.717, 1.165) is 17.8 Å². The van der Waals surface area contributed by atoms with Crippen LogP contribution in [0.4, 0.5) is 18.0 Å². The number of aromatic nitrogens is 2. The first-order valence-electron chi connectivity index (χ1n) is 14.4. The molecule has 1 aromatic heterocycles. The fraction of sp³-hybridized carbons (Fsp3) is 0.387. The van der Waals surface area contributed by atoms with Gasteiger partial charge in [-0.1, -0.05) is 23.7 Å². The number of rotatable bonds is 6. The van der Waals surface area contributed by atoms with Gasteiger partial charge in [0.1, 0.15) is 11.6 Å². The molecule has 3 amide bonds. The van der Waals surface area contributed by atoms with Crippen LogP contribution in [0.3, 0.4) is 0 Å². The molecule has 2 aliphatic heterocycles. The zero-order valence-electron chi connectivity index (χ0n) is 26.1. The standard InChI is InChI=1S/C31H32ClF3N6O5S/c1-30(2,3)46-29(44)40-16-21(13-24(40)26(42)38-45-5)39(4)28-37-27(43)25(47-28)11-17-6-9-23-19(10-17)14-36-41(23)15-18-7-8-20(32)12-22(18)31(33,34)35/h6-12,14,21,24H,13,15-16H2,1-5H3,(H,38,42). The quantitative estimate of drug-likeness (QED) is 0.258. The summed E-state index contributed by atoms with van der Waals surface area (Å²) in [5.41, 5.74) is 2.00. The number of hydroxylamine groups is 1. The summed E-state index contributed by atoms with van der Waals surface area (Å²) < 4.78 is 47.8. The molecule has 5 rings (SSSR count). The van der Waals surface area contributed by atoms with Gasteiger partial charge in [0.15, 0.2) is 5.17 Å². The lowest BCUT2D eigenvalue weighted by molar-refractivity contribution is -0.138. The second-order valence-corrected chi connectivity index (χ2v) is 13.5. The molecule has 1 fully saturated rings. The van der Waals surface area contributed by atoms with Crippen molar-refractivity contribution < 1.29 is 37.1 Å². The van der Waals surface area contributed by atoms with Crippen molar-refractivity contribution in [3.05, 3.63) is 69.2 Å². The molecule has 1 N–H and O–H groups in total. The number of halogens is 4. The topological polar surface area (TPSA) is 118 Å². The van der Waals surface area contributed by atoms with Crippen LogP contribution in [0, 0.1) is 0 Å². The van der Waals surface area contributed by atoms with Crippen molar-refractivity contribution in [3.63, 3.8) is 0 Å². The summed E-state index contributed by atoms with van der Waals surface area (Å²) >= 11 is 6.97. The van der Waals surface area contributed by atoms with Crippen LogP contribution in [0.25, 0.3) is 17.0 Å². The highest BCUT2D eigenvalue weighted by atomic mass is 35.5. The Morgan fingerprint density at radius 2 is 1.94 bits per heavy atom. The van der Waals surface area contributed by atoms with Gasteiger partial charge in [-0.3, -0.25) is 24.0 Å². The number of amidine groups is 1. The number of hydrogen-bond acceptors (Lipinski definition) is 8. The minimum Gasteiger partial charge on any atom is -0.444 e. The second-order valence-electron chi connectivity index (χ2n) is 12.0. The molecule has 0 saturated carbocycles. The summed E-state index contributed by atoms with van der Waals surface area (Å²) in [5.74, 6) is -0.953. The summed E-state index contributed by atoms with van der Waals surface area (Å²) in [6, 6.07) is 7.68. The Labute approximate surface area is 277 Å². The molecule has 2 unspecified atom stereocenters. The molecular formula is C31H32ClF3N6O5S. The zero-order valence-corrected chi connectivity index (χ0v) is 27.7. The van der Waals surface area contributed by atoms with E-state index in [1.54, 1.807) is 63.2 Å². The summed E-state index contributed by atoms with van der Waals surface area (Å²) in [5, 5.41) is 5.36. The molecule has 0 aliphatic carbocycles. The highest BCUT2D eigenvalue weighted by molar-refractivity contribution is 8.18. The Morgan fingerprint density at radius 3 is 2.62 bits per heavy atom. The van der Waals surface area contributed by atoms with Gasteiger partial charge in [-0.05, 0) is 80.4 Å². The third-order valence-electron chi connectivity index (χ3n) is 7.53. The van der Waals surface area contributed by atoms with Crippen LogP contribution in [0.5, 0.6) is 0 Å². The largest absolute Gasteiger partial charge is 0.444 e. The molecule has 0 radical (unpaired) electrons. The summed E-state index contributed by atoms with van der Waals surface area (Å²) in [6.45, 7) is 5.24. The second kappa shape index (κ2) is 13.2. The number of hydrogen-bond donors (Lipinski definition) is 1. The first kappa shape index (κ1) is 34.3. The van der Waals surface area contributed by atoms with Crippen molar-refractivity contribution in [1.82, 2.24) is 25.1 Å². The van der Waals surface area contributed by atoms with E-state index in [1.807, 2.05) is 0 Å². The maximum atomic E-state index is 13.6. The van der Waals surface area contributed by atoms with Crippen molar-refractivity contribution in [2.75, 3.05) is 20.7 Å². The normalized spacial score (nSPS) is 19.4. The lowest BCUT2D eigenvalue weighted by Crippen LogP contribution is -2.47. The van der Waals surface area contributed by atoms with Crippen LogP contribution in [0.2, 0.25) is 5.02 Å². The SMILES string of the molecule is CONC(=O)C1CC(N(C)C2=NC(=O)C(=Cc3ccc4c(cnn4Cc4ccc(Cl)cc4C(F)(F)F)c3)S2)CN1C(=O)OC(C)(C)C. The van der Waals surface area contributed by atoms with E-state index in [0.29, 0.717) is 26.5 Å². The lowest BCUT2D eigenvalue weighted by atomic mass is 10.1. The maximum Gasteiger partial charge on any atom is 0.416 e. The number of likely N-dealkylation sites (N-methyl/N-ethyl adjacent to an activating group) is 1. The van der Waals surface area contributed by atoms with E-state index in [4.69, 9.17) is 21.2 Å². The summed E-state index contributed by atoms with van der Waals surface area (Å²) in [7, 11) is 3.04. The van der Waals surface area contributed by atoms with Gasteiger partial charge in [0.05, 0.1) is 41.9 Å². The summed E-state index contributed by atoms with van der Waals surface area (Å²) in [6.07, 6.45) is -1.75. The number of nitrogens with one attached hydrogen (secondary N) is 1. The molecule has 250 valence electrons. The Bertz CT molecular complexity index is 1790. The molecular weight excluding hydrogens is 661 g/mol. The number of carbonyl (C=O) groups excluding carboxylic acids is 3. The molecule has 2 aromatic carbocycles. The van der Waals surface area contributed by atoms with Gasteiger partial charge >= 0.3 is 12.3 Å². The molecule has 0 bridgehead atoms. The van der Waals surface area contributed by atoms with E-state index < -0.39 is 41.3 Å². The maximum absolute atomic E-state index is 13.6. The molecule has 3 heterocycles. The first-order valence-corrected chi connectivity index (χ1v) is 15.6. The monoisotopic (exact) mass is 692 g/mol. The Morgan fingerprint density at radius 1 is 1.19 bits per heavy atom. The van der Waals surface area contributed by atoms with Gasteiger partial charge in [-0.2, -0.15) is 23.3 Å². The number of fused-ring (bicyclic) bond motifs is 1. The van der Waals surface area contributed by atoms with E-state index in [2.05, 4.69) is 15.6 Å². The molecule has 0 spiro atoms. The van der Waals surface area contributed by atoms with Crippen LogP contribution < -0.4 is 5.48 Å². The van der Waals surface area contributed by atoms with Crippen LogP contribution in [-0.2, 0) is 31.9 Å². The predicted molar refractivity (Wildman–Crippen MR) is 171 cm³/mol. The predicted octanol–water partition coefficient (Wildman–Crippen LogP) is 5.71. The molecule has 11 nitrogen and oxygen atoms in total. The smallest absolute Gasteiger partial charge is 0.416 e. The van der Waals surface area contributed by atoms with Gasteiger partial charge in [0, 0.05) is 24.0 Å². The van der Waals surface area contributed by atoms with Crippen molar-refractivity contribution >= 4 is 63.4 Å². The third-order valence-corrected chi connectivity index (χ3v) is 8.84. The number of ether oxygens (including phenoxy) is 1. The average molecular weight is 693 g/mol. The van der Waals surface area contributed by atoms with Crippen molar-refractivity contribution in [2.45, 2.75) is 57.6 Å². The van der Waals surface area contributed by atoms with E-state index in [9.17, 15) is 27.6 Å². The number of carbonyl (C=O) groups is 3. The van der Waals surface area contributed by atoms with Gasteiger partial charge < -0.3 is 9.64 Å². The Kier molecular flexibility index (Phi) is 9.62. The lowest BCUT2D eigenvalue weighted by Gasteiger charge is -2.28. The fourth-order valence-corrected chi connectivity index (χ4v) is 6.44. The van der Waals surface area contributed by atoms with Gasteiger partial charge in [-0.25, -0.2) is 10.3 Å². The number of likely N-dealkylation sites (tertiary alicyclic amines) is 1. The first-order chi connectivity index (χ1) is 22.0. The van der Waals surface area contributed by atoms with Crippen LogP contribution >= 0.6 is 23.4 Å². The highest BCUT2D eigenvalue weighted by Crippen LogP contribution is 2.36. The van der Waals surface area contributed by atoms with Crippen LogP contribution in [0.1, 0.15) is 43.9 Å². The molecule has 2 aliphatic rings. The van der Waals surface area contributed by atoms with E-state index in [1.165, 1.54) is 28.8 Å². The van der Waals surface area contributed by atoms with Gasteiger partial charge in [0.2, 0.25) is 0 Å². The van der Waals surface area contributed by atoms with Crippen molar-refractivity contribution in [3.8, 4) is 0 Å². The highest BCUT2D eigenvalue weighted by Gasteiger charge is 2.44. The van der Waals surface area contributed by atoms with Crippen molar-refractivity contribution in [2.24, 2.45) is 4.99 Å². The fourth-order valence-electron chi connectivity index (χ4n) is 5.32. The third kappa shape index (κ3) is 7.74. The Balaban J connectivity index is 1.30. The number of alkyl halides is 3.